The number of nitrogens with zero attached hydrogens (tertiary/aromatic N) is 4. The zero-order valence-electron chi connectivity index (χ0n) is 13.6. The van der Waals surface area contributed by atoms with Gasteiger partial charge in [-0.25, -0.2) is 9.97 Å². The molecule has 0 saturated carbocycles. The first-order valence-corrected chi connectivity index (χ1v) is 7.48. The van der Waals surface area contributed by atoms with E-state index in [-0.39, 0.29) is 5.91 Å². The lowest BCUT2D eigenvalue weighted by molar-refractivity contribution is 0.0950. The van der Waals surface area contributed by atoms with Crippen LogP contribution in [0, 0.1) is 13.8 Å². The fraction of sp³-hybridized carbons (Fsp3) is 0.400. The quantitative estimate of drug-likeness (QED) is 0.658. The smallest absolute Gasteiger partial charge is 0.271 e. The van der Waals surface area contributed by atoms with Gasteiger partial charge in [-0.05, 0) is 20.8 Å². The van der Waals surface area contributed by atoms with Gasteiger partial charge in [0, 0.05) is 37.6 Å². The Kier molecular flexibility index (Phi) is 5.79. The zero-order chi connectivity index (χ0) is 16.7. The molecule has 2 rings (SSSR count). The highest BCUT2D eigenvalue weighted by molar-refractivity contribution is 5.91. The van der Waals surface area contributed by atoms with Gasteiger partial charge in [0.1, 0.15) is 11.5 Å². The molecule has 8 nitrogen and oxygen atoms in total. The lowest BCUT2D eigenvalue weighted by Gasteiger charge is -2.09. The Balaban J connectivity index is 1.81. The van der Waals surface area contributed by atoms with Crippen molar-refractivity contribution in [1.29, 1.82) is 0 Å². The average molecular weight is 315 g/mol. The van der Waals surface area contributed by atoms with Crippen LogP contribution in [0.1, 0.15) is 28.8 Å². The fourth-order valence-electron chi connectivity index (χ4n) is 1.86. The Bertz CT molecular complexity index is 657. The Morgan fingerprint density at radius 3 is 2.57 bits per heavy atom. The predicted molar refractivity (Wildman–Crippen MR) is 88.5 cm³/mol. The Morgan fingerprint density at radius 1 is 1.04 bits per heavy atom. The van der Waals surface area contributed by atoms with Crippen molar-refractivity contribution < 1.29 is 4.79 Å². The predicted octanol–water partition coefficient (Wildman–Crippen LogP) is 1.16. The summed E-state index contributed by atoms with van der Waals surface area (Å²) >= 11 is 0. The second kappa shape index (κ2) is 8.02. The normalized spacial score (nSPS) is 10.2. The van der Waals surface area contributed by atoms with Crippen LogP contribution in [-0.2, 0) is 0 Å². The number of rotatable bonds is 7. The van der Waals surface area contributed by atoms with Crippen LogP contribution in [0.2, 0.25) is 0 Å². The second-order valence-corrected chi connectivity index (χ2v) is 4.97. The molecule has 0 saturated heterocycles. The van der Waals surface area contributed by atoms with Gasteiger partial charge >= 0.3 is 0 Å². The number of aromatic nitrogens is 4. The van der Waals surface area contributed by atoms with Crippen molar-refractivity contribution in [1.82, 2.24) is 25.3 Å². The summed E-state index contributed by atoms with van der Waals surface area (Å²) < 4.78 is 0. The van der Waals surface area contributed by atoms with E-state index in [4.69, 9.17) is 0 Å². The molecule has 0 aliphatic carbocycles. The van der Waals surface area contributed by atoms with Crippen LogP contribution in [0.4, 0.5) is 11.8 Å². The van der Waals surface area contributed by atoms with Crippen LogP contribution < -0.4 is 16.0 Å². The number of carbonyl (C=O) groups is 1. The monoisotopic (exact) mass is 315 g/mol. The van der Waals surface area contributed by atoms with E-state index in [0.29, 0.717) is 24.7 Å². The molecule has 3 N–H and O–H groups in total. The van der Waals surface area contributed by atoms with Gasteiger partial charge in [0.05, 0.1) is 11.9 Å². The van der Waals surface area contributed by atoms with Crippen molar-refractivity contribution in [2.75, 3.05) is 30.3 Å². The van der Waals surface area contributed by atoms with Gasteiger partial charge in [-0.1, -0.05) is 0 Å². The largest absolute Gasteiger partial charge is 0.368 e. The lowest BCUT2D eigenvalue weighted by Crippen LogP contribution is -2.29. The van der Waals surface area contributed by atoms with Crippen molar-refractivity contribution >= 4 is 17.7 Å². The van der Waals surface area contributed by atoms with Crippen molar-refractivity contribution in [3.05, 3.63) is 35.5 Å². The van der Waals surface area contributed by atoms with Crippen LogP contribution in [0.3, 0.4) is 0 Å². The second-order valence-electron chi connectivity index (χ2n) is 4.97. The summed E-state index contributed by atoms with van der Waals surface area (Å²) in [4.78, 5) is 28.6. The number of amides is 1. The molecule has 1 amide bonds. The number of hydrogen-bond donors (Lipinski definition) is 3. The van der Waals surface area contributed by atoms with Gasteiger partial charge in [-0.3, -0.25) is 9.78 Å². The maximum atomic E-state index is 11.9. The number of hydrogen-bond acceptors (Lipinski definition) is 7. The topological polar surface area (TPSA) is 105 Å². The molecule has 0 aliphatic heterocycles. The minimum atomic E-state index is -0.244. The molecule has 0 fully saturated rings. The summed E-state index contributed by atoms with van der Waals surface area (Å²) in [6.45, 7) is 7.48. The molecule has 0 spiro atoms. The van der Waals surface area contributed by atoms with Crippen LogP contribution in [0.5, 0.6) is 0 Å². The third-order valence-electron chi connectivity index (χ3n) is 2.92. The third-order valence-corrected chi connectivity index (χ3v) is 2.92. The molecular weight excluding hydrogens is 294 g/mol. The van der Waals surface area contributed by atoms with Gasteiger partial charge in [0.2, 0.25) is 5.95 Å². The third kappa shape index (κ3) is 5.17. The van der Waals surface area contributed by atoms with E-state index in [2.05, 4.69) is 35.9 Å². The van der Waals surface area contributed by atoms with Crippen LogP contribution in [-0.4, -0.2) is 45.5 Å². The maximum Gasteiger partial charge on any atom is 0.271 e. The highest BCUT2D eigenvalue weighted by atomic mass is 16.1. The van der Waals surface area contributed by atoms with Gasteiger partial charge in [-0.2, -0.15) is 4.98 Å². The zero-order valence-corrected chi connectivity index (χ0v) is 13.6. The summed E-state index contributed by atoms with van der Waals surface area (Å²) in [5.74, 6) is 1.07. The van der Waals surface area contributed by atoms with E-state index in [1.807, 2.05) is 26.8 Å². The minimum absolute atomic E-state index is 0.244. The molecule has 8 heteroatoms. The molecule has 0 unspecified atom stereocenters. The van der Waals surface area contributed by atoms with Gasteiger partial charge < -0.3 is 16.0 Å². The molecule has 2 heterocycles. The molecule has 0 aromatic carbocycles. The lowest BCUT2D eigenvalue weighted by atomic mass is 10.4. The maximum absolute atomic E-state index is 11.9. The van der Waals surface area contributed by atoms with Crippen molar-refractivity contribution in [2.45, 2.75) is 20.8 Å². The number of aryl methyl sites for hydroxylation is 2. The first-order chi connectivity index (χ1) is 11.1. The van der Waals surface area contributed by atoms with Gasteiger partial charge in [-0.15, -0.1) is 0 Å². The SMILES string of the molecule is CCNc1nc(C)cc(NCCNC(=O)c2cnc(C)cn2)n1. The molecule has 2 aromatic rings. The Morgan fingerprint density at radius 2 is 1.87 bits per heavy atom. The Hall–Kier alpha value is -2.77. The molecule has 0 bridgehead atoms. The van der Waals surface area contributed by atoms with Crippen molar-refractivity contribution in [2.24, 2.45) is 0 Å². The highest BCUT2D eigenvalue weighted by Gasteiger charge is 2.06. The van der Waals surface area contributed by atoms with E-state index in [1.54, 1.807) is 6.20 Å². The molecule has 2 aromatic heterocycles. The standard InChI is InChI=1S/C15H21N7O/c1-4-16-15-21-10(2)7-13(22-15)17-5-6-18-14(23)12-9-19-11(3)8-20-12/h7-9H,4-6H2,1-3H3,(H,18,23)(H2,16,17,21,22). The molecule has 23 heavy (non-hydrogen) atoms. The summed E-state index contributed by atoms with van der Waals surface area (Å²) in [5.41, 5.74) is 1.96. The van der Waals surface area contributed by atoms with Crippen LogP contribution in [0.15, 0.2) is 18.5 Å². The first kappa shape index (κ1) is 16.6. The van der Waals surface area contributed by atoms with E-state index >= 15 is 0 Å². The van der Waals surface area contributed by atoms with Crippen LogP contribution in [0.25, 0.3) is 0 Å². The van der Waals surface area contributed by atoms with Crippen molar-refractivity contribution in [3.8, 4) is 0 Å². The van der Waals surface area contributed by atoms with Crippen LogP contribution >= 0.6 is 0 Å². The van der Waals surface area contributed by atoms with E-state index in [9.17, 15) is 4.79 Å². The van der Waals surface area contributed by atoms with E-state index < -0.39 is 0 Å². The van der Waals surface area contributed by atoms with Gasteiger partial charge in [0.25, 0.3) is 5.91 Å². The molecule has 0 radical (unpaired) electrons. The summed E-state index contributed by atoms with van der Waals surface area (Å²) in [5, 5.41) is 9.01. The number of anilines is 2. The first-order valence-electron chi connectivity index (χ1n) is 7.48. The average Bonchev–Trinajstić information content (AvgIpc) is 2.52. The Labute approximate surface area is 135 Å². The summed E-state index contributed by atoms with van der Waals surface area (Å²) in [6.07, 6.45) is 3.04. The highest BCUT2D eigenvalue weighted by Crippen LogP contribution is 2.08. The summed E-state index contributed by atoms with van der Waals surface area (Å²) in [7, 11) is 0. The van der Waals surface area contributed by atoms with E-state index in [0.717, 1.165) is 23.8 Å². The minimum Gasteiger partial charge on any atom is -0.368 e. The molecule has 0 atom stereocenters. The molecular formula is C15H21N7O. The fourth-order valence-corrected chi connectivity index (χ4v) is 1.86. The summed E-state index contributed by atoms with van der Waals surface area (Å²) in [6, 6.07) is 1.86. The van der Waals surface area contributed by atoms with Gasteiger partial charge in [0.15, 0.2) is 0 Å². The number of nitrogens with one attached hydrogen (secondary N) is 3. The van der Waals surface area contributed by atoms with Crippen molar-refractivity contribution in [3.63, 3.8) is 0 Å². The molecule has 122 valence electrons. The number of carbonyl (C=O) groups excluding carboxylic acids is 1. The molecule has 0 aliphatic rings. The van der Waals surface area contributed by atoms with E-state index in [1.165, 1.54) is 6.20 Å².